The first kappa shape index (κ1) is 13.7. The molecule has 0 fully saturated rings. The molecule has 0 saturated heterocycles. The maximum absolute atomic E-state index is 11.8. The molecule has 7 heteroatoms. The Morgan fingerprint density at radius 3 is 2.89 bits per heavy atom. The van der Waals surface area contributed by atoms with Crippen LogP contribution in [0.3, 0.4) is 0 Å². The number of nitrogens with one attached hydrogen (secondary N) is 1. The smallest absolute Gasteiger partial charge is 0.250 e. The summed E-state index contributed by atoms with van der Waals surface area (Å²) in [5.74, 6) is 2.38. The molecule has 18 heavy (non-hydrogen) atoms. The highest BCUT2D eigenvalue weighted by atomic mass is 32.2. The zero-order chi connectivity index (χ0) is 12.8. The highest BCUT2D eigenvalue weighted by Crippen LogP contribution is 2.16. The molecule has 0 aliphatic heterocycles. The third kappa shape index (κ3) is 3.88. The molecule has 0 radical (unpaired) electrons. The van der Waals surface area contributed by atoms with Crippen LogP contribution in [0, 0.1) is 0 Å². The summed E-state index contributed by atoms with van der Waals surface area (Å²) < 4.78 is 31.6. The number of sulfonamides is 1. The second-order valence-electron chi connectivity index (χ2n) is 3.46. The van der Waals surface area contributed by atoms with Gasteiger partial charge in [-0.2, -0.15) is 11.8 Å². The van der Waals surface area contributed by atoms with E-state index in [0.717, 1.165) is 11.5 Å². The largest absolute Gasteiger partial charge is 0.468 e. The van der Waals surface area contributed by atoms with Gasteiger partial charge in [-0.05, 0) is 23.6 Å². The number of rotatable bonds is 7. The minimum atomic E-state index is -3.32. The highest BCUT2D eigenvalue weighted by molar-refractivity contribution is 7.98. The van der Waals surface area contributed by atoms with Crippen molar-refractivity contribution in [3.8, 4) is 0 Å². The van der Waals surface area contributed by atoms with Crippen molar-refractivity contribution in [1.29, 1.82) is 0 Å². The van der Waals surface area contributed by atoms with Gasteiger partial charge >= 0.3 is 0 Å². The lowest BCUT2D eigenvalue weighted by Crippen LogP contribution is -2.25. The predicted octanol–water partition coefficient (Wildman–Crippen LogP) is 2.55. The van der Waals surface area contributed by atoms with Gasteiger partial charge in [-0.3, -0.25) is 0 Å². The van der Waals surface area contributed by atoms with E-state index in [0.29, 0.717) is 16.5 Å². The Kier molecular flexibility index (Phi) is 4.87. The summed E-state index contributed by atoms with van der Waals surface area (Å²) in [6.07, 6.45) is 1.63. The maximum Gasteiger partial charge on any atom is 0.250 e. The van der Waals surface area contributed by atoms with Crippen LogP contribution < -0.4 is 4.72 Å². The van der Waals surface area contributed by atoms with Gasteiger partial charge in [-0.25, -0.2) is 13.1 Å². The standard InChI is InChI=1S/C11H13NO3S3/c13-18(14,11-4-2-7-17-11)12-5-8-16-9-10-3-1-6-15-10/h1-4,6-7,12H,5,8-9H2. The summed E-state index contributed by atoms with van der Waals surface area (Å²) >= 11 is 2.85. The summed E-state index contributed by atoms with van der Waals surface area (Å²) in [5, 5.41) is 1.75. The molecule has 2 rings (SSSR count). The molecule has 0 atom stereocenters. The molecule has 0 saturated carbocycles. The number of furan rings is 1. The molecule has 0 amide bonds. The molecule has 98 valence electrons. The summed E-state index contributed by atoms with van der Waals surface area (Å²) in [4.78, 5) is 0. The molecule has 4 nitrogen and oxygen atoms in total. The van der Waals surface area contributed by atoms with Crippen molar-refractivity contribution in [3.63, 3.8) is 0 Å². The van der Waals surface area contributed by atoms with Crippen molar-refractivity contribution >= 4 is 33.1 Å². The van der Waals surface area contributed by atoms with Crippen LogP contribution in [0.5, 0.6) is 0 Å². The first-order valence-electron chi connectivity index (χ1n) is 5.32. The fourth-order valence-corrected chi connectivity index (χ4v) is 4.26. The Morgan fingerprint density at radius 2 is 2.22 bits per heavy atom. The summed E-state index contributed by atoms with van der Waals surface area (Å²) in [6.45, 7) is 0.422. The van der Waals surface area contributed by atoms with Gasteiger partial charge in [-0.1, -0.05) is 6.07 Å². The number of hydrogen-bond donors (Lipinski definition) is 1. The lowest BCUT2D eigenvalue weighted by molar-refractivity contribution is 0.530. The molecule has 0 aliphatic rings. The molecule has 2 heterocycles. The SMILES string of the molecule is O=S(=O)(NCCSCc1ccco1)c1cccs1. The van der Waals surface area contributed by atoms with Crippen molar-refractivity contribution < 1.29 is 12.8 Å². The molecule has 0 spiro atoms. The van der Waals surface area contributed by atoms with Crippen LogP contribution in [-0.4, -0.2) is 20.7 Å². The molecule has 2 aromatic heterocycles. The second kappa shape index (κ2) is 6.42. The average Bonchev–Trinajstić information content (AvgIpc) is 3.02. The second-order valence-corrected chi connectivity index (χ2v) is 7.51. The van der Waals surface area contributed by atoms with E-state index in [1.807, 2.05) is 12.1 Å². The van der Waals surface area contributed by atoms with E-state index >= 15 is 0 Å². The van der Waals surface area contributed by atoms with Gasteiger partial charge in [0, 0.05) is 12.3 Å². The third-order valence-corrected chi connectivity index (χ3v) is 5.96. The average molecular weight is 303 g/mol. The summed E-state index contributed by atoms with van der Waals surface area (Å²) in [7, 11) is -3.32. The van der Waals surface area contributed by atoms with E-state index in [-0.39, 0.29) is 0 Å². The van der Waals surface area contributed by atoms with Crippen LogP contribution in [0.2, 0.25) is 0 Å². The number of hydrogen-bond acceptors (Lipinski definition) is 5. The zero-order valence-electron chi connectivity index (χ0n) is 9.53. The van der Waals surface area contributed by atoms with Crippen molar-refractivity contribution in [2.75, 3.05) is 12.3 Å². The van der Waals surface area contributed by atoms with Gasteiger partial charge in [0.2, 0.25) is 10.0 Å². The van der Waals surface area contributed by atoms with Gasteiger partial charge in [0.1, 0.15) is 9.97 Å². The summed E-state index contributed by atoms with van der Waals surface area (Å²) in [6, 6.07) is 7.08. The van der Waals surface area contributed by atoms with Crippen LogP contribution in [0.15, 0.2) is 44.5 Å². The van der Waals surface area contributed by atoms with Crippen molar-refractivity contribution in [2.24, 2.45) is 0 Å². The quantitative estimate of drug-likeness (QED) is 0.799. The van der Waals surface area contributed by atoms with Crippen molar-refractivity contribution in [2.45, 2.75) is 9.96 Å². The topological polar surface area (TPSA) is 59.3 Å². The Balaban J connectivity index is 1.69. The zero-order valence-corrected chi connectivity index (χ0v) is 12.0. The minimum Gasteiger partial charge on any atom is -0.468 e. The van der Waals surface area contributed by atoms with E-state index in [9.17, 15) is 8.42 Å². The monoisotopic (exact) mass is 303 g/mol. The van der Waals surface area contributed by atoms with Gasteiger partial charge < -0.3 is 4.42 Å². The highest BCUT2D eigenvalue weighted by Gasteiger charge is 2.13. The summed E-state index contributed by atoms with van der Waals surface area (Å²) in [5.41, 5.74) is 0. The van der Waals surface area contributed by atoms with E-state index in [1.165, 1.54) is 11.3 Å². The normalized spacial score (nSPS) is 11.8. The predicted molar refractivity (Wildman–Crippen MR) is 74.4 cm³/mol. The molecule has 1 N–H and O–H groups in total. The van der Waals surface area contributed by atoms with Crippen molar-refractivity contribution in [3.05, 3.63) is 41.7 Å². The van der Waals surface area contributed by atoms with Crippen LogP contribution in [-0.2, 0) is 15.8 Å². The van der Waals surface area contributed by atoms with E-state index in [2.05, 4.69) is 4.72 Å². The third-order valence-electron chi connectivity index (χ3n) is 2.12. The van der Waals surface area contributed by atoms with Gasteiger partial charge in [-0.15, -0.1) is 11.3 Å². The van der Waals surface area contributed by atoms with Crippen LogP contribution in [0.4, 0.5) is 0 Å². The van der Waals surface area contributed by atoms with Crippen LogP contribution >= 0.6 is 23.1 Å². The van der Waals surface area contributed by atoms with Crippen LogP contribution in [0.25, 0.3) is 0 Å². The van der Waals surface area contributed by atoms with Crippen LogP contribution in [0.1, 0.15) is 5.76 Å². The van der Waals surface area contributed by atoms with E-state index < -0.39 is 10.0 Å². The number of thioether (sulfide) groups is 1. The molecular weight excluding hydrogens is 290 g/mol. The lowest BCUT2D eigenvalue weighted by atomic mass is 10.5. The van der Waals surface area contributed by atoms with Gasteiger partial charge in [0.25, 0.3) is 0 Å². The molecule has 2 aromatic rings. The Morgan fingerprint density at radius 1 is 1.33 bits per heavy atom. The Labute approximate surface area is 114 Å². The Hall–Kier alpha value is -0.760. The van der Waals surface area contributed by atoms with E-state index in [1.54, 1.807) is 35.5 Å². The van der Waals surface area contributed by atoms with E-state index in [4.69, 9.17) is 4.42 Å². The molecule has 0 unspecified atom stereocenters. The Bertz CT molecular complexity index is 546. The lowest BCUT2D eigenvalue weighted by Gasteiger charge is -2.03. The van der Waals surface area contributed by atoms with Gasteiger partial charge in [0.15, 0.2) is 0 Å². The first-order chi connectivity index (χ1) is 8.68. The molecular formula is C11H13NO3S3. The molecule has 0 bridgehead atoms. The fraction of sp³-hybridized carbons (Fsp3) is 0.273. The first-order valence-corrected chi connectivity index (χ1v) is 8.83. The van der Waals surface area contributed by atoms with Crippen molar-refractivity contribution in [1.82, 2.24) is 4.72 Å². The van der Waals surface area contributed by atoms with Gasteiger partial charge in [0.05, 0.1) is 12.0 Å². The molecule has 0 aliphatic carbocycles. The number of thiophene rings is 1. The minimum absolute atomic E-state index is 0.360. The fourth-order valence-electron chi connectivity index (χ4n) is 1.30. The molecule has 0 aromatic carbocycles. The maximum atomic E-state index is 11.8.